The lowest BCUT2D eigenvalue weighted by Crippen LogP contribution is -2.17. The van der Waals surface area contributed by atoms with Crippen LogP contribution >= 0.6 is 0 Å². The molecule has 2 N–H and O–H groups in total. The van der Waals surface area contributed by atoms with Crippen LogP contribution in [0.2, 0.25) is 0 Å². The topological polar surface area (TPSA) is 53.1 Å². The molecule has 1 aromatic carbocycles. The molecule has 1 heterocycles. The van der Waals surface area contributed by atoms with Gasteiger partial charge in [-0.25, -0.2) is 4.98 Å². The molecule has 0 spiro atoms. The molecule has 1 aromatic heterocycles. The number of ether oxygens (including phenoxy) is 1. The highest BCUT2D eigenvalue weighted by molar-refractivity contribution is 5.38. The molecule has 4 heteroatoms. The van der Waals surface area contributed by atoms with E-state index in [1.54, 1.807) is 6.20 Å². The van der Waals surface area contributed by atoms with Gasteiger partial charge >= 0.3 is 0 Å². The molecule has 0 saturated carbocycles. The SMILES string of the molecule is CCOc1ccccc1C(N)c1nccn1C. The summed E-state index contributed by atoms with van der Waals surface area (Å²) in [4.78, 5) is 4.28. The van der Waals surface area contributed by atoms with Gasteiger partial charge in [0, 0.05) is 25.0 Å². The maximum Gasteiger partial charge on any atom is 0.130 e. The van der Waals surface area contributed by atoms with Crippen LogP contribution < -0.4 is 10.5 Å². The Hall–Kier alpha value is -1.81. The Bertz CT molecular complexity index is 493. The maximum atomic E-state index is 6.23. The fourth-order valence-electron chi connectivity index (χ4n) is 1.84. The zero-order valence-electron chi connectivity index (χ0n) is 10.1. The van der Waals surface area contributed by atoms with Gasteiger partial charge in [0.2, 0.25) is 0 Å². The number of nitrogens with zero attached hydrogens (tertiary/aromatic N) is 2. The first-order valence-corrected chi connectivity index (χ1v) is 5.68. The molecule has 0 saturated heterocycles. The van der Waals surface area contributed by atoms with Crippen molar-refractivity contribution < 1.29 is 4.74 Å². The molecule has 0 bridgehead atoms. The van der Waals surface area contributed by atoms with Crippen molar-refractivity contribution in [1.82, 2.24) is 9.55 Å². The Kier molecular flexibility index (Phi) is 3.44. The van der Waals surface area contributed by atoms with Crippen molar-refractivity contribution in [3.05, 3.63) is 48.0 Å². The molecule has 1 unspecified atom stereocenters. The van der Waals surface area contributed by atoms with Crippen molar-refractivity contribution >= 4 is 0 Å². The van der Waals surface area contributed by atoms with E-state index in [1.807, 2.05) is 49.0 Å². The van der Waals surface area contributed by atoms with E-state index < -0.39 is 0 Å². The second-order valence-electron chi connectivity index (χ2n) is 3.84. The van der Waals surface area contributed by atoms with E-state index >= 15 is 0 Å². The number of nitrogens with two attached hydrogens (primary N) is 1. The molecule has 4 nitrogen and oxygen atoms in total. The Morgan fingerprint density at radius 1 is 1.41 bits per heavy atom. The molecule has 0 aliphatic carbocycles. The van der Waals surface area contributed by atoms with Crippen LogP contribution in [0, 0.1) is 0 Å². The Morgan fingerprint density at radius 2 is 2.18 bits per heavy atom. The molecular weight excluding hydrogens is 214 g/mol. The standard InChI is InChI=1S/C13H17N3O/c1-3-17-11-7-5-4-6-10(11)12(14)13-15-8-9-16(13)2/h4-9,12H,3,14H2,1-2H3. The first kappa shape index (κ1) is 11.7. The van der Waals surface area contributed by atoms with Gasteiger partial charge in [0.15, 0.2) is 0 Å². The van der Waals surface area contributed by atoms with Crippen LogP contribution in [0.1, 0.15) is 24.4 Å². The number of aromatic nitrogens is 2. The zero-order valence-corrected chi connectivity index (χ0v) is 10.1. The van der Waals surface area contributed by atoms with E-state index in [4.69, 9.17) is 10.5 Å². The van der Waals surface area contributed by atoms with E-state index in [2.05, 4.69) is 4.98 Å². The fraction of sp³-hybridized carbons (Fsp3) is 0.308. The number of para-hydroxylation sites is 1. The lowest BCUT2D eigenvalue weighted by molar-refractivity contribution is 0.335. The summed E-state index contributed by atoms with van der Waals surface area (Å²) in [6, 6.07) is 7.55. The average molecular weight is 231 g/mol. The van der Waals surface area contributed by atoms with Crippen LogP contribution in [0.15, 0.2) is 36.7 Å². The summed E-state index contributed by atoms with van der Waals surface area (Å²) in [6.07, 6.45) is 3.64. The van der Waals surface area contributed by atoms with Crippen LogP contribution in [0.4, 0.5) is 0 Å². The molecule has 0 radical (unpaired) electrons. The molecule has 0 aliphatic heterocycles. The lowest BCUT2D eigenvalue weighted by atomic mass is 10.1. The highest BCUT2D eigenvalue weighted by atomic mass is 16.5. The first-order chi connectivity index (χ1) is 8.24. The minimum Gasteiger partial charge on any atom is -0.494 e. The van der Waals surface area contributed by atoms with Crippen LogP contribution in [0.25, 0.3) is 0 Å². The second-order valence-corrected chi connectivity index (χ2v) is 3.84. The first-order valence-electron chi connectivity index (χ1n) is 5.68. The quantitative estimate of drug-likeness (QED) is 0.874. The summed E-state index contributed by atoms with van der Waals surface area (Å²) >= 11 is 0. The van der Waals surface area contributed by atoms with E-state index in [0.29, 0.717) is 6.61 Å². The molecule has 1 atom stereocenters. The van der Waals surface area contributed by atoms with Crippen molar-refractivity contribution in [2.24, 2.45) is 12.8 Å². The maximum absolute atomic E-state index is 6.23. The van der Waals surface area contributed by atoms with Gasteiger partial charge in [-0.2, -0.15) is 0 Å². The molecule has 0 aliphatic rings. The minimum absolute atomic E-state index is 0.266. The second kappa shape index (κ2) is 5.01. The Morgan fingerprint density at radius 3 is 2.82 bits per heavy atom. The molecule has 0 amide bonds. The summed E-state index contributed by atoms with van der Waals surface area (Å²) < 4.78 is 7.50. The van der Waals surface area contributed by atoms with E-state index in [0.717, 1.165) is 17.1 Å². The van der Waals surface area contributed by atoms with Crippen molar-refractivity contribution in [2.75, 3.05) is 6.61 Å². The van der Waals surface area contributed by atoms with Gasteiger partial charge in [0.05, 0.1) is 12.6 Å². The molecule has 0 fully saturated rings. The highest BCUT2D eigenvalue weighted by Crippen LogP contribution is 2.27. The average Bonchev–Trinajstić information content (AvgIpc) is 2.76. The third kappa shape index (κ3) is 2.31. The predicted molar refractivity (Wildman–Crippen MR) is 66.8 cm³/mol. The predicted octanol–water partition coefficient (Wildman–Crippen LogP) is 1.87. The lowest BCUT2D eigenvalue weighted by Gasteiger charge is -2.16. The summed E-state index contributed by atoms with van der Waals surface area (Å²) in [5, 5.41) is 0. The normalized spacial score (nSPS) is 12.4. The van der Waals surface area contributed by atoms with Crippen molar-refractivity contribution in [3.8, 4) is 5.75 Å². The minimum atomic E-state index is -0.266. The number of aryl methyl sites for hydroxylation is 1. The third-order valence-electron chi connectivity index (χ3n) is 2.69. The number of hydrogen-bond acceptors (Lipinski definition) is 3. The number of hydrogen-bond donors (Lipinski definition) is 1. The van der Waals surface area contributed by atoms with Crippen molar-refractivity contribution in [2.45, 2.75) is 13.0 Å². The summed E-state index contributed by atoms with van der Waals surface area (Å²) in [5.41, 5.74) is 7.19. The Balaban J connectivity index is 2.37. The number of imidazole rings is 1. The molecule has 2 rings (SSSR count). The van der Waals surface area contributed by atoms with Gasteiger partial charge in [-0.1, -0.05) is 18.2 Å². The van der Waals surface area contributed by atoms with Gasteiger partial charge in [0.25, 0.3) is 0 Å². The third-order valence-corrected chi connectivity index (χ3v) is 2.69. The van der Waals surface area contributed by atoms with E-state index in [9.17, 15) is 0 Å². The van der Waals surface area contributed by atoms with Gasteiger partial charge in [-0.3, -0.25) is 0 Å². The summed E-state index contributed by atoms with van der Waals surface area (Å²) in [6.45, 7) is 2.59. The van der Waals surface area contributed by atoms with Crippen LogP contribution in [-0.4, -0.2) is 16.2 Å². The van der Waals surface area contributed by atoms with Gasteiger partial charge in [0.1, 0.15) is 11.6 Å². The zero-order chi connectivity index (χ0) is 12.3. The highest BCUT2D eigenvalue weighted by Gasteiger charge is 2.17. The number of rotatable bonds is 4. The van der Waals surface area contributed by atoms with E-state index in [-0.39, 0.29) is 6.04 Å². The smallest absolute Gasteiger partial charge is 0.130 e. The Labute approximate surface area is 101 Å². The largest absolute Gasteiger partial charge is 0.494 e. The van der Waals surface area contributed by atoms with E-state index in [1.165, 1.54) is 0 Å². The van der Waals surface area contributed by atoms with Gasteiger partial charge in [-0.15, -0.1) is 0 Å². The number of benzene rings is 1. The fourth-order valence-corrected chi connectivity index (χ4v) is 1.84. The molecular formula is C13H17N3O. The summed E-state index contributed by atoms with van der Waals surface area (Å²) in [7, 11) is 1.94. The summed E-state index contributed by atoms with van der Waals surface area (Å²) in [5.74, 6) is 1.66. The van der Waals surface area contributed by atoms with Gasteiger partial charge < -0.3 is 15.0 Å². The van der Waals surface area contributed by atoms with Gasteiger partial charge in [-0.05, 0) is 13.0 Å². The van der Waals surface area contributed by atoms with Crippen molar-refractivity contribution in [1.29, 1.82) is 0 Å². The van der Waals surface area contributed by atoms with Crippen molar-refractivity contribution in [3.63, 3.8) is 0 Å². The molecule has 17 heavy (non-hydrogen) atoms. The van der Waals surface area contributed by atoms with Crippen LogP contribution in [0.5, 0.6) is 5.75 Å². The van der Waals surface area contributed by atoms with Crippen LogP contribution in [0.3, 0.4) is 0 Å². The molecule has 90 valence electrons. The van der Waals surface area contributed by atoms with Crippen LogP contribution in [-0.2, 0) is 7.05 Å². The monoisotopic (exact) mass is 231 g/mol. The molecule has 2 aromatic rings.